The average Bonchev–Trinajstić information content (AvgIpc) is 2.30. The monoisotopic (exact) mass is 350 g/mol. The van der Waals surface area contributed by atoms with E-state index in [4.69, 9.17) is 11.6 Å². The molecular weight excluding hydrogens is 344 g/mol. The van der Waals surface area contributed by atoms with Gasteiger partial charge in [0.25, 0.3) is 0 Å². The number of benzene rings is 1. The first-order valence-electron chi connectivity index (χ1n) is 5.12. The molecule has 0 spiro atoms. The van der Waals surface area contributed by atoms with Crippen LogP contribution >= 0.6 is 27.5 Å². The van der Waals surface area contributed by atoms with Gasteiger partial charge in [-0.05, 0) is 46.3 Å². The molecule has 0 saturated heterocycles. The molecule has 0 amide bonds. The van der Waals surface area contributed by atoms with E-state index in [0.29, 0.717) is 10.4 Å². The molecule has 0 unspecified atom stereocenters. The molecule has 19 heavy (non-hydrogen) atoms. The fraction of sp³-hybridized carbons (Fsp3) is 0.0833. The molecule has 0 aliphatic carbocycles. The van der Waals surface area contributed by atoms with E-state index in [9.17, 15) is 13.2 Å². The highest BCUT2D eigenvalue weighted by molar-refractivity contribution is 9.10. The number of alkyl halides is 3. The summed E-state index contributed by atoms with van der Waals surface area (Å²) < 4.78 is 38.4. The lowest BCUT2D eigenvalue weighted by molar-refractivity contribution is -0.137. The molecule has 2 nitrogen and oxygen atoms in total. The van der Waals surface area contributed by atoms with E-state index in [0.717, 1.165) is 12.1 Å². The number of halogens is 5. The molecule has 0 aliphatic heterocycles. The lowest BCUT2D eigenvalue weighted by Gasteiger charge is -2.12. The first-order chi connectivity index (χ1) is 8.86. The standard InChI is InChI=1S/C12H7BrClF3N2/c13-10-2-1-3-11(19-10)18-9-6-7(12(15,16)17)4-5-8(9)14/h1-6H,(H,18,19). The Kier molecular flexibility index (Phi) is 4.01. The lowest BCUT2D eigenvalue weighted by Crippen LogP contribution is -2.05. The molecule has 2 rings (SSSR count). The van der Waals surface area contributed by atoms with Crippen LogP contribution in [0.15, 0.2) is 41.0 Å². The Morgan fingerprint density at radius 3 is 2.53 bits per heavy atom. The number of hydrogen-bond acceptors (Lipinski definition) is 2. The Morgan fingerprint density at radius 1 is 1.16 bits per heavy atom. The molecule has 0 bridgehead atoms. The summed E-state index contributed by atoms with van der Waals surface area (Å²) in [4.78, 5) is 4.07. The zero-order valence-corrected chi connectivity index (χ0v) is 11.6. The minimum atomic E-state index is -4.41. The second kappa shape index (κ2) is 5.38. The maximum Gasteiger partial charge on any atom is 0.416 e. The number of anilines is 2. The van der Waals surface area contributed by atoms with Crippen LogP contribution in [0.4, 0.5) is 24.7 Å². The van der Waals surface area contributed by atoms with Crippen molar-refractivity contribution in [2.24, 2.45) is 0 Å². The third kappa shape index (κ3) is 3.61. The van der Waals surface area contributed by atoms with Gasteiger partial charge in [-0.3, -0.25) is 0 Å². The lowest BCUT2D eigenvalue weighted by atomic mass is 10.2. The zero-order chi connectivity index (χ0) is 14.0. The highest BCUT2D eigenvalue weighted by Gasteiger charge is 2.30. The minimum absolute atomic E-state index is 0.155. The van der Waals surface area contributed by atoms with Crippen LogP contribution in [0.2, 0.25) is 5.02 Å². The fourth-order valence-electron chi connectivity index (χ4n) is 1.41. The molecular formula is C12H7BrClF3N2. The molecule has 1 aromatic heterocycles. The van der Waals surface area contributed by atoms with Crippen LogP contribution in [-0.4, -0.2) is 4.98 Å². The van der Waals surface area contributed by atoms with Gasteiger partial charge in [0.05, 0.1) is 16.3 Å². The zero-order valence-electron chi connectivity index (χ0n) is 9.30. The number of hydrogen-bond donors (Lipinski definition) is 1. The number of nitrogens with one attached hydrogen (secondary N) is 1. The number of pyridine rings is 1. The van der Waals surface area contributed by atoms with Crippen LogP contribution in [-0.2, 0) is 6.18 Å². The van der Waals surface area contributed by atoms with E-state index < -0.39 is 11.7 Å². The fourth-order valence-corrected chi connectivity index (χ4v) is 1.92. The van der Waals surface area contributed by atoms with Crippen LogP contribution in [0, 0.1) is 0 Å². The predicted molar refractivity (Wildman–Crippen MR) is 71.7 cm³/mol. The number of aromatic nitrogens is 1. The van der Waals surface area contributed by atoms with Gasteiger partial charge in [-0.15, -0.1) is 0 Å². The summed E-state index contributed by atoms with van der Waals surface area (Å²) in [5.74, 6) is 0.399. The normalized spacial score (nSPS) is 11.4. The molecule has 0 fully saturated rings. The van der Waals surface area contributed by atoms with E-state index in [2.05, 4.69) is 26.2 Å². The number of rotatable bonds is 2. The summed E-state index contributed by atoms with van der Waals surface area (Å²) in [5, 5.41) is 2.94. The smallest absolute Gasteiger partial charge is 0.339 e. The first kappa shape index (κ1) is 14.1. The highest BCUT2D eigenvalue weighted by atomic mass is 79.9. The molecule has 2 aromatic rings. The van der Waals surface area contributed by atoms with Crippen molar-refractivity contribution in [3.63, 3.8) is 0 Å². The van der Waals surface area contributed by atoms with Gasteiger partial charge < -0.3 is 5.32 Å². The maximum atomic E-state index is 12.6. The molecule has 7 heteroatoms. The van der Waals surface area contributed by atoms with Crippen molar-refractivity contribution in [1.82, 2.24) is 4.98 Å². The van der Waals surface area contributed by atoms with Crippen LogP contribution in [0.25, 0.3) is 0 Å². The first-order valence-corrected chi connectivity index (χ1v) is 6.30. The summed E-state index contributed by atoms with van der Waals surface area (Å²) in [5.41, 5.74) is -0.614. The predicted octanol–water partition coefficient (Wildman–Crippen LogP) is 5.26. The topological polar surface area (TPSA) is 24.9 Å². The van der Waals surface area contributed by atoms with Crippen molar-refractivity contribution >= 4 is 39.0 Å². The molecule has 0 radical (unpaired) electrons. The van der Waals surface area contributed by atoms with Crippen LogP contribution in [0.3, 0.4) is 0 Å². The van der Waals surface area contributed by atoms with Crippen molar-refractivity contribution in [2.75, 3.05) is 5.32 Å². The van der Waals surface area contributed by atoms with Crippen LogP contribution < -0.4 is 5.32 Å². The van der Waals surface area contributed by atoms with Crippen molar-refractivity contribution < 1.29 is 13.2 Å². The summed E-state index contributed by atoms with van der Waals surface area (Å²) in [6, 6.07) is 8.12. The van der Waals surface area contributed by atoms with Gasteiger partial charge in [0.15, 0.2) is 0 Å². The summed E-state index contributed by atoms with van der Waals surface area (Å²) in [7, 11) is 0. The van der Waals surface area contributed by atoms with Gasteiger partial charge in [0, 0.05) is 0 Å². The van der Waals surface area contributed by atoms with Gasteiger partial charge >= 0.3 is 6.18 Å². The maximum absolute atomic E-state index is 12.6. The largest absolute Gasteiger partial charge is 0.416 e. The quantitative estimate of drug-likeness (QED) is 0.747. The van der Waals surface area contributed by atoms with Crippen LogP contribution in [0.5, 0.6) is 0 Å². The second-order valence-corrected chi connectivity index (χ2v) is 4.88. The molecule has 100 valence electrons. The van der Waals surface area contributed by atoms with E-state index in [1.165, 1.54) is 6.07 Å². The van der Waals surface area contributed by atoms with Gasteiger partial charge in [0.2, 0.25) is 0 Å². The Labute approximate surface area is 120 Å². The van der Waals surface area contributed by atoms with Gasteiger partial charge in [-0.2, -0.15) is 13.2 Å². The molecule has 1 N–H and O–H groups in total. The average molecular weight is 352 g/mol. The third-order valence-electron chi connectivity index (χ3n) is 2.27. The molecule has 1 aromatic carbocycles. The second-order valence-electron chi connectivity index (χ2n) is 3.66. The molecule has 0 aliphatic rings. The van der Waals surface area contributed by atoms with E-state index in [1.807, 2.05) is 0 Å². The number of nitrogens with zero attached hydrogens (tertiary/aromatic N) is 1. The van der Waals surface area contributed by atoms with Crippen molar-refractivity contribution in [1.29, 1.82) is 0 Å². The Morgan fingerprint density at radius 2 is 1.89 bits per heavy atom. The Hall–Kier alpha value is -1.27. The van der Waals surface area contributed by atoms with Gasteiger partial charge in [-0.25, -0.2) is 4.98 Å². The molecule has 0 atom stereocenters. The summed E-state index contributed by atoms with van der Waals surface area (Å²) >= 11 is 9.04. The summed E-state index contributed by atoms with van der Waals surface area (Å²) in [6.07, 6.45) is -4.41. The highest BCUT2D eigenvalue weighted by Crippen LogP contribution is 2.34. The van der Waals surface area contributed by atoms with E-state index >= 15 is 0 Å². The van der Waals surface area contributed by atoms with Crippen molar-refractivity contribution in [2.45, 2.75) is 6.18 Å². The molecule has 1 heterocycles. The van der Waals surface area contributed by atoms with Crippen molar-refractivity contribution in [3.05, 3.63) is 51.6 Å². The molecule has 0 saturated carbocycles. The summed E-state index contributed by atoms with van der Waals surface area (Å²) in [6.45, 7) is 0. The van der Waals surface area contributed by atoms with Crippen LogP contribution in [0.1, 0.15) is 5.56 Å². The van der Waals surface area contributed by atoms with E-state index in [-0.39, 0.29) is 10.7 Å². The Bertz CT molecular complexity index is 602. The van der Waals surface area contributed by atoms with Crippen molar-refractivity contribution in [3.8, 4) is 0 Å². The van der Waals surface area contributed by atoms with Gasteiger partial charge in [-0.1, -0.05) is 17.7 Å². The SMILES string of the molecule is FC(F)(F)c1ccc(Cl)c(Nc2cccc(Br)n2)c1. The minimum Gasteiger partial charge on any atom is -0.339 e. The third-order valence-corrected chi connectivity index (χ3v) is 3.04. The van der Waals surface area contributed by atoms with E-state index in [1.54, 1.807) is 18.2 Å². The van der Waals surface area contributed by atoms with Gasteiger partial charge in [0.1, 0.15) is 10.4 Å². The Balaban J connectivity index is 2.34.